The molecule has 184 valence electrons. The molecule has 0 spiro atoms. The molecule has 8 nitrogen and oxygen atoms in total. The smallest absolute Gasteiger partial charge is 0.519 e. The van der Waals surface area contributed by atoms with Crippen LogP contribution in [0.15, 0.2) is 34.6 Å². The van der Waals surface area contributed by atoms with Gasteiger partial charge in [-0.05, 0) is 17.7 Å². The molecular weight excluding hydrogens is 537 g/mol. The predicted octanol–water partition coefficient (Wildman–Crippen LogP) is 3.31. The van der Waals surface area contributed by atoms with Crippen LogP contribution in [0.4, 0.5) is 39.5 Å². The third-order valence-corrected chi connectivity index (χ3v) is 7.53. The van der Waals surface area contributed by atoms with Crippen molar-refractivity contribution < 1.29 is 69.3 Å². The number of hydrogen-bond acceptors (Lipinski definition) is 7. The van der Waals surface area contributed by atoms with Gasteiger partial charge in [-0.2, -0.15) is 56.3 Å². The Bertz CT molecular complexity index is 1210. The summed E-state index contributed by atoms with van der Waals surface area (Å²) < 4.78 is 190. The largest absolute Gasteiger partial charge is 0.759 e. The van der Waals surface area contributed by atoms with Crippen LogP contribution < -0.4 is 4.18 Å². The fraction of sp³-hybridized carbons (Fsp3) is 0.333. The number of alkyl halides is 9. The second kappa shape index (κ2) is 8.06. The number of halogens is 9. The molecule has 1 rings (SSSR count). The zero-order valence-electron chi connectivity index (χ0n) is 14.5. The van der Waals surface area contributed by atoms with Crippen LogP contribution in [0, 0.1) is 0 Å². The van der Waals surface area contributed by atoms with Crippen molar-refractivity contribution in [3.63, 3.8) is 0 Å². The van der Waals surface area contributed by atoms with Crippen LogP contribution in [0.25, 0.3) is 6.08 Å². The summed E-state index contributed by atoms with van der Waals surface area (Å²) in [5.41, 5.74) is -6.49. The topological polar surface area (TPSA) is 130 Å². The third kappa shape index (κ3) is 4.66. The molecule has 0 aliphatic heterocycles. The van der Waals surface area contributed by atoms with E-state index in [1.165, 1.54) is 0 Å². The second-order valence-corrected chi connectivity index (χ2v) is 10.4. The Morgan fingerprint density at radius 2 is 1.28 bits per heavy atom. The van der Waals surface area contributed by atoms with E-state index in [4.69, 9.17) is 0 Å². The summed E-state index contributed by atoms with van der Waals surface area (Å²) in [4.78, 5) is 0. The number of hydrogen-bond donors (Lipinski definition) is 0. The van der Waals surface area contributed by atoms with E-state index in [9.17, 15) is 65.1 Å². The Balaban J connectivity index is 3.58. The van der Waals surface area contributed by atoms with Gasteiger partial charge in [-0.15, -0.1) is 3.77 Å². The van der Waals surface area contributed by atoms with Crippen molar-refractivity contribution in [1.29, 1.82) is 0 Å². The minimum absolute atomic E-state index is 0.219. The Morgan fingerprint density at radius 3 is 1.66 bits per heavy atom. The normalized spacial score (nSPS) is 16.2. The van der Waals surface area contributed by atoms with Crippen molar-refractivity contribution in [2.45, 2.75) is 21.9 Å². The number of rotatable bonds is 8. The summed E-state index contributed by atoms with van der Waals surface area (Å²) in [5.74, 6) is -8.73. The van der Waals surface area contributed by atoms with E-state index >= 15 is 0 Å². The third-order valence-electron chi connectivity index (χ3n) is 3.18. The lowest BCUT2D eigenvalue weighted by molar-refractivity contribution is -0.246. The fourth-order valence-electron chi connectivity index (χ4n) is 1.55. The van der Waals surface area contributed by atoms with Gasteiger partial charge >= 0.3 is 42.1 Å². The highest BCUT2D eigenvalue weighted by Crippen LogP contribution is 2.51. The second-order valence-electron chi connectivity index (χ2n) is 5.39. The van der Waals surface area contributed by atoms with Gasteiger partial charge in [0.15, 0.2) is 0 Å². The van der Waals surface area contributed by atoms with Gasteiger partial charge < -0.3 is 8.74 Å². The lowest BCUT2D eigenvalue weighted by Gasteiger charge is -2.34. The van der Waals surface area contributed by atoms with Crippen LogP contribution in [0.3, 0.4) is 0 Å². The van der Waals surface area contributed by atoms with Gasteiger partial charge in [0, 0.05) is 0 Å². The van der Waals surface area contributed by atoms with E-state index in [0.717, 1.165) is 18.2 Å². The molecule has 0 saturated carbocycles. The molecule has 0 bridgehead atoms. The minimum Gasteiger partial charge on any atom is -0.759 e. The van der Waals surface area contributed by atoms with Crippen LogP contribution in [-0.2, 0) is 30.2 Å². The Morgan fingerprint density at radius 1 is 0.844 bits per heavy atom. The van der Waals surface area contributed by atoms with E-state index in [1.807, 2.05) is 0 Å². The van der Waals surface area contributed by atoms with Crippen LogP contribution in [-0.4, -0.2) is 47.5 Å². The van der Waals surface area contributed by atoms with Gasteiger partial charge in [0.25, 0.3) is 0 Å². The van der Waals surface area contributed by atoms with Gasteiger partial charge in [-0.3, -0.25) is 4.21 Å². The molecule has 1 unspecified atom stereocenters. The van der Waals surface area contributed by atoms with Gasteiger partial charge in [0.2, 0.25) is 0 Å². The molecule has 0 amide bonds. The maximum Gasteiger partial charge on any atom is 0.519 e. The highest BCUT2D eigenvalue weighted by atomic mass is 32.3. The number of nitrogens with zero attached hydrogens (tertiary/aromatic N) is 1. The number of benzene rings is 1. The van der Waals surface area contributed by atoms with Crippen LogP contribution in [0.5, 0.6) is 5.75 Å². The van der Waals surface area contributed by atoms with E-state index in [-0.39, 0.29) is 5.56 Å². The molecule has 0 radical (unpaired) electrons. The van der Waals surface area contributed by atoms with E-state index < -0.39 is 57.8 Å². The van der Waals surface area contributed by atoms with Crippen molar-refractivity contribution in [3.05, 3.63) is 36.4 Å². The molecule has 1 aromatic carbocycles. The summed E-state index contributed by atoms with van der Waals surface area (Å²) >= 11 is 0. The molecule has 32 heavy (non-hydrogen) atoms. The van der Waals surface area contributed by atoms with E-state index in [2.05, 4.69) is 10.8 Å². The average Bonchev–Trinajstić information content (AvgIpc) is 2.59. The monoisotopic (exact) mass is 544 g/mol. The molecule has 0 heterocycles. The first-order valence-electron chi connectivity index (χ1n) is 7.07. The molecular formula is C12H7F9NO7S3-. The quantitative estimate of drug-likeness (QED) is 0.363. The maximum absolute atomic E-state index is 13.9. The average molecular weight is 544 g/mol. The molecule has 0 aliphatic rings. The molecule has 0 N–H and O–H groups in total. The van der Waals surface area contributed by atoms with Crippen molar-refractivity contribution >= 4 is 36.2 Å². The van der Waals surface area contributed by atoms with Crippen LogP contribution in [0.1, 0.15) is 5.56 Å². The molecule has 1 aromatic rings. The summed E-state index contributed by atoms with van der Waals surface area (Å²) in [7, 11) is -22.6. The standard InChI is InChI=1S/C12H8F9NO7S3/c1-2-7-3-5-8(6-4-7)29-32(27,28)11(17,18)9(13,14)10(15,16)30(23,24)22-31(25,26)12(19,20)21/h2-6H,1H2,(H,22,23,24)/p-1. The molecule has 0 fully saturated rings. The van der Waals surface area contributed by atoms with Crippen LogP contribution >= 0.6 is 0 Å². The fourth-order valence-corrected chi connectivity index (χ4v) is 4.72. The Hall–Kier alpha value is -2.06. The summed E-state index contributed by atoms with van der Waals surface area (Å²) in [5, 5.41) is -14.6. The first kappa shape index (κ1) is 28.0. The molecule has 0 aromatic heterocycles. The minimum atomic E-state index is -7.96. The molecule has 20 heteroatoms. The van der Waals surface area contributed by atoms with Crippen molar-refractivity contribution in [2.75, 3.05) is 0 Å². The molecule has 0 saturated heterocycles. The van der Waals surface area contributed by atoms with E-state index in [0.29, 0.717) is 15.9 Å². The van der Waals surface area contributed by atoms with Gasteiger partial charge in [0.05, 0.1) is 10.0 Å². The summed E-state index contributed by atoms with van der Waals surface area (Å²) in [6.07, 6.45) is 1.14. The first-order valence-corrected chi connectivity index (χ1v) is 11.4. The van der Waals surface area contributed by atoms with Gasteiger partial charge in [-0.25, -0.2) is 0 Å². The lowest BCUT2D eigenvalue weighted by Crippen LogP contribution is -2.61. The summed E-state index contributed by atoms with van der Waals surface area (Å²) in [6, 6.07) is 3.02. The highest BCUT2D eigenvalue weighted by Gasteiger charge is 2.80. The van der Waals surface area contributed by atoms with Gasteiger partial charge in [0.1, 0.15) is 5.75 Å². The van der Waals surface area contributed by atoms with Crippen molar-refractivity contribution in [3.8, 4) is 5.75 Å². The Labute approximate surface area is 173 Å². The zero-order valence-corrected chi connectivity index (χ0v) is 17.0. The van der Waals surface area contributed by atoms with Gasteiger partial charge in [-0.1, -0.05) is 24.8 Å². The SMILES string of the molecule is C=Cc1ccc(OS(=O)(=O)C(F)(F)C(F)(F)C(F)(F)S(=O)([O-])=NS(=O)(=O)C(F)(F)F)cc1. The number of sulfonamides is 1. The van der Waals surface area contributed by atoms with Crippen molar-refractivity contribution in [2.24, 2.45) is 3.77 Å². The highest BCUT2D eigenvalue weighted by molar-refractivity contribution is 8.01. The molecule has 0 aliphatic carbocycles. The van der Waals surface area contributed by atoms with E-state index in [1.54, 1.807) is 0 Å². The summed E-state index contributed by atoms with van der Waals surface area (Å²) in [6.45, 7) is 3.26. The Kier molecular flexibility index (Phi) is 7.05. The maximum atomic E-state index is 13.9. The van der Waals surface area contributed by atoms with Crippen LogP contribution in [0.2, 0.25) is 0 Å². The predicted molar refractivity (Wildman–Crippen MR) is 87.2 cm³/mol. The lowest BCUT2D eigenvalue weighted by atomic mass is 10.2. The first-order chi connectivity index (χ1) is 14.0. The van der Waals surface area contributed by atoms with Crippen molar-refractivity contribution in [1.82, 2.24) is 0 Å². The zero-order chi connectivity index (χ0) is 25.6. The molecule has 1 atom stereocenters.